The number of hydrogen-bond acceptors (Lipinski definition) is 0. The van der Waals surface area contributed by atoms with Crippen LogP contribution in [-0.2, 0) is 164 Å². The summed E-state index contributed by atoms with van der Waals surface area (Å²) in [7, 11) is 0. The molecule has 13 aliphatic rings. The monoisotopic (exact) mass is 2010 g/mol. The summed E-state index contributed by atoms with van der Waals surface area (Å²) >= 11 is 0. The molecule has 0 aromatic heterocycles. The molecule has 13 rings (SSSR count). The molecule has 0 N–H and O–H groups in total. The minimum atomic E-state index is 0. The topological polar surface area (TPSA) is 0 Å². The average Bonchev–Trinajstić information content (AvgIpc) is 1.84. The summed E-state index contributed by atoms with van der Waals surface area (Å²) in [5.41, 5.74) is 0. The predicted molar refractivity (Wildman–Crippen MR) is 523 cm³/mol. The number of hydrogen-bond donors (Lipinski definition) is 0. The first-order chi connectivity index (χ1) is 52.9. The van der Waals surface area contributed by atoms with E-state index in [2.05, 4.69) is 255 Å². The van der Waals surface area contributed by atoms with Crippen LogP contribution < -0.4 is 0 Å². The quantitative estimate of drug-likeness (QED) is 0.213. The summed E-state index contributed by atoms with van der Waals surface area (Å²) < 4.78 is 0. The minimum Gasteiger partial charge on any atom is -0.343 e. The molecule has 0 saturated heterocycles. The van der Waals surface area contributed by atoms with Crippen molar-refractivity contribution in [1.29, 1.82) is 0 Å². The molecular weight excluding hydrogens is 1790 g/mol. The maximum absolute atomic E-state index is 3.96. The Hall–Kier alpha value is 5.52. The van der Waals surface area contributed by atoms with E-state index in [0.717, 1.165) is 150 Å². The van der Waals surface area contributed by atoms with E-state index in [4.69, 9.17) is 0 Å². The van der Waals surface area contributed by atoms with Crippen molar-refractivity contribution in [2.75, 3.05) is 0 Å². The summed E-state index contributed by atoms with van der Waals surface area (Å²) in [5.74, 6) is 22.8. The van der Waals surface area contributed by atoms with Crippen molar-refractivity contribution in [3.05, 3.63) is 67.7 Å². The molecule has 13 aliphatic carbocycles. The van der Waals surface area contributed by atoms with Crippen LogP contribution in [0.5, 0.6) is 0 Å². The minimum absolute atomic E-state index is 0. The average molecular weight is 2020 g/mol. The molecule has 0 aromatic rings. The molecule has 5 heteroatoms. The van der Waals surface area contributed by atoms with Crippen molar-refractivity contribution in [3.63, 3.8) is 0 Å². The molecule has 0 amide bonds. The second kappa shape index (κ2) is 102. The Labute approximate surface area is 876 Å². The van der Waals surface area contributed by atoms with Gasteiger partial charge in [0.2, 0.25) is 0 Å². The van der Waals surface area contributed by atoms with Gasteiger partial charge in [0.1, 0.15) is 0 Å². The molecule has 117 heavy (non-hydrogen) atoms. The first kappa shape index (κ1) is 143. The summed E-state index contributed by atoms with van der Waals surface area (Å²) in [4.78, 5) is 0. The SMILES string of the molecule is C1CC2CCCC2C1.C1CCC2CCCC2C1.C1CCC2CCCCC2C1.C1CCC2CCCCC2C1.CC(C)C.CC(C)C.CC(C)C.CC(C)C.CC(C)C.CC(C)C.CC(C)C.CC(C)C.CC(C)C.[CH2-]CC1CCC1[CH2-].[CH2-]CC1CCC1[CH2-].[CH2-]CCC1[CH-]CC1.[CH2-]CCC1[CH-]CCCC1.[CH2-]CCC1[CH-]CCCC1.[Y].[Y].[Y].[Y].[Y]. The molecule has 697 valence electrons. The van der Waals surface area contributed by atoms with Crippen molar-refractivity contribution < 1.29 is 164 Å². The summed E-state index contributed by atoms with van der Waals surface area (Å²) in [6, 6.07) is 0. The fourth-order valence-corrected chi connectivity index (χ4v) is 17.0. The van der Waals surface area contributed by atoms with Gasteiger partial charge in [0.25, 0.3) is 0 Å². The van der Waals surface area contributed by atoms with Crippen LogP contribution in [-0.4, -0.2) is 0 Å². The Morgan fingerprint density at radius 3 is 0.427 bits per heavy atom. The first-order valence-electron chi connectivity index (χ1n) is 51.1. The smallest absolute Gasteiger partial charge is 0 e. The Kier molecular flexibility index (Phi) is 125. The zero-order valence-electron chi connectivity index (χ0n) is 86.5. The van der Waals surface area contributed by atoms with E-state index < -0.39 is 0 Å². The molecule has 9 atom stereocenters. The second-order valence-corrected chi connectivity index (χ2v) is 43.7. The van der Waals surface area contributed by atoms with Gasteiger partial charge in [-0.2, -0.15) is 81.0 Å². The molecule has 13 saturated carbocycles. The van der Waals surface area contributed by atoms with E-state index >= 15 is 0 Å². The third kappa shape index (κ3) is 107. The molecular formula is C112H224Y5-10. The zero-order chi connectivity index (χ0) is 86.0. The Balaban J connectivity index is -0.000000131. The first-order valence-corrected chi connectivity index (χ1v) is 51.1. The molecule has 0 heterocycles. The number of rotatable bonds is 8. The molecule has 0 bridgehead atoms. The molecule has 0 nitrogen and oxygen atoms in total. The van der Waals surface area contributed by atoms with E-state index in [1.54, 1.807) is 103 Å². The standard InChI is InChI=1S/2C10H18.3C9H16.C8H14.3C7H12.9C4H10.5Y/c2*1-2-6-10-8-4-3-7-9(10)5-1;1-2-5-9-7-3-6-8(9)4-1;2*1-2-6-9-7-4-3-5-8-9;1-3-7-5-2-6-8(7)4-1;2*1-3-7-5-4-6(7)2;1-2-4-7-5-3-6-7;9*1-4(2)3;;;;;/h2*9-10H,1-8H2;8-9H,1-7H2;2*7,9H,1-6,8H2;7-8H,1-6H2;2*6-7H,1-5H2;5,7H,1-4,6H2;9*4H,1-3H3;;;;;/q;;;2*-2;;3*-2;;;;;;;;;;;;;;. The molecule has 0 spiro atoms. The number of fused-ring (bicyclic) bond motifs is 4. The van der Waals surface area contributed by atoms with Crippen molar-refractivity contribution in [1.82, 2.24) is 0 Å². The van der Waals surface area contributed by atoms with Gasteiger partial charge in [0.05, 0.1) is 0 Å². The molecule has 13 fully saturated rings. The van der Waals surface area contributed by atoms with Crippen LogP contribution in [0.3, 0.4) is 0 Å². The normalized spacial score (nSPS) is 27.1. The van der Waals surface area contributed by atoms with Crippen molar-refractivity contribution in [2.24, 2.45) is 142 Å². The largest absolute Gasteiger partial charge is 0.343 e. The van der Waals surface area contributed by atoms with Crippen LogP contribution in [0, 0.1) is 210 Å². The van der Waals surface area contributed by atoms with Gasteiger partial charge in [-0.1, -0.05) is 449 Å². The van der Waals surface area contributed by atoms with E-state index in [1.807, 2.05) is 0 Å². The summed E-state index contributed by atoms with van der Waals surface area (Å²) in [6.45, 7) is 85.6. The van der Waals surface area contributed by atoms with Crippen molar-refractivity contribution in [2.45, 2.75) is 514 Å². The van der Waals surface area contributed by atoms with E-state index in [0.29, 0.717) is 0 Å². The zero-order valence-corrected chi connectivity index (χ0v) is 101. The second-order valence-electron chi connectivity index (χ2n) is 43.7. The molecule has 0 aliphatic heterocycles. The third-order valence-electron chi connectivity index (χ3n) is 22.8. The van der Waals surface area contributed by atoms with Gasteiger partial charge in [-0.05, 0) is 101 Å². The maximum atomic E-state index is 3.96. The molecule has 9 unspecified atom stereocenters. The van der Waals surface area contributed by atoms with Crippen LogP contribution in [0.25, 0.3) is 0 Å². The fraction of sp³-hybridized carbons (Fsp3) is 0.911. The van der Waals surface area contributed by atoms with Crippen LogP contribution >= 0.6 is 0 Å². The maximum Gasteiger partial charge on any atom is 0 e. The Morgan fingerprint density at radius 2 is 0.342 bits per heavy atom. The van der Waals surface area contributed by atoms with Crippen molar-refractivity contribution >= 4 is 0 Å². The summed E-state index contributed by atoms with van der Waals surface area (Å²) in [6.07, 6.45) is 81.2. The third-order valence-corrected chi connectivity index (χ3v) is 22.8. The van der Waals surface area contributed by atoms with E-state index in [9.17, 15) is 0 Å². The van der Waals surface area contributed by atoms with Gasteiger partial charge in [-0.15, -0.1) is 25.7 Å². The predicted octanol–water partition coefficient (Wildman–Crippen LogP) is 39.6. The van der Waals surface area contributed by atoms with Crippen LogP contribution in [0.1, 0.15) is 514 Å². The van der Waals surface area contributed by atoms with Crippen LogP contribution in [0.2, 0.25) is 0 Å². The van der Waals surface area contributed by atoms with Gasteiger partial charge in [0, 0.05) is 164 Å². The van der Waals surface area contributed by atoms with Crippen molar-refractivity contribution in [3.8, 4) is 0 Å². The van der Waals surface area contributed by atoms with E-state index in [1.165, 1.54) is 216 Å². The van der Waals surface area contributed by atoms with Gasteiger partial charge in [-0.25, -0.2) is 0 Å². The fourth-order valence-electron chi connectivity index (χ4n) is 17.0. The molecule has 5 radical (unpaired) electrons. The van der Waals surface area contributed by atoms with Gasteiger partial charge in [0.15, 0.2) is 0 Å². The van der Waals surface area contributed by atoms with Crippen LogP contribution in [0.15, 0.2) is 0 Å². The van der Waals surface area contributed by atoms with Gasteiger partial charge >= 0.3 is 0 Å². The summed E-state index contributed by atoms with van der Waals surface area (Å²) in [5, 5.41) is 0. The van der Waals surface area contributed by atoms with Crippen LogP contribution in [0.4, 0.5) is 0 Å². The Morgan fingerprint density at radius 1 is 0.197 bits per heavy atom. The van der Waals surface area contributed by atoms with Gasteiger partial charge in [-0.3, -0.25) is 0 Å². The van der Waals surface area contributed by atoms with Gasteiger partial charge < -0.3 is 67.7 Å². The molecule has 0 aromatic carbocycles. The van der Waals surface area contributed by atoms with E-state index in [-0.39, 0.29) is 164 Å². The Bertz CT molecular complexity index is 1480.